The number of sulfonamides is 1. The van der Waals surface area contributed by atoms with E-state index in [1.165, 1.54) is 34.6 Å². The third-order valence-corrected chi connectivity index (χ3v) is 7.90. The summed E-state index contributed by atoms with van der Waals surface area (Å²) in [6, 6.07) is 21.4. The smallest absolute Gasteiger partial charge is 0.329 e. The van der Waals surface area contributed by atoms with Crippen LogP contribution in [0.25, 0.3) is 0 Å². The lowest BCUT2D eigenvalue weighted by Crippen LogP contribution is -2.32. The van der Waals surface area contributed by atoms with Gasteiger partial charge in [0.05, 0.1) is 22.6 Å². The Morgan fingerprint density at radius 3 is 2.26 bits per heavy atom. The Morgan fingerprint density at radius 1 is 0.952 bits per heavy atom. The number of nitro groups is 1. The van der Waals surface area contributed by atoms with Gasteiger partial charge in [0.1, 0.15) is 11.5 Å². The fourth-order valence-electron chi connectivity index (χ4n) is 3.66. The summed E-state index contributed by atoms with van der Waals surface area (Å²) in [7, 11) is -3.91. The number of hydrazone groups is 1. The van der Waals surface area contributed by atoms with Crippen LogP contribution in [0.4, 0.5) is 11.4 Å². The molecule has 4 rings (SSSR count). The van der Waals surface area contributed by atoms with E-state index in [0.717, 1.165) is 17.3 Å². The maximum Gasteiger partial charge on any atom is 0.329 e. The highest BCUT2D eigenvalue weighted by Crippen LogP contribution is 2.23. The normalized spacial score (nSPS) is 11.5. The molecule has 0 saturated carbocycles. The van der Waals surface area contributed by atoms with Gasteiger partial charge in [-0.25, -0.2) is 13.8 Å². The van der Waals surface area contributed by atoms with Gasteiger partial charge in [-0.05, 0) is 61.0 Å². The summed E-state index contributed by atoms with van der Waals surface area (Å²) in [5.74, 6) is -1.63. The number of non-ortho nitro benzene ring substituents is 1. The van der Waals surface area contributed by atoms with E-state index in [4.69, 9.17) is 16.0 Å². The molecule has 0 aliphatic carbocycles. The molecule has 14 heteroatoms. The van der Waals surface area contributed by atoms with Crippen LogP contribution in [0.15, 0.2) is 99.3 Å². The summed E-state index contributed by atoms with van der Waals surface area (Å²) < 4.78 is 34.0. The van der Waals surface area contributed by atoms with Crippen molar-refractivity contribution in [3.8, 4) is 0 Å². The Bertz CT molecular complexity index is 1720. The number of carbonyl (C=O) groups excluding carboxylic acids is 2. The molecule has 216 valence electrons. The molecule has 0 fully saturated rings. The van der Waals surface area contributed by atoms with Crippen molar-refractivity contribution in [2.75, 3.05) is 5.32 Å². The summed E-state index contributed by atoms with van der Waals surface area (Å²) in [6.45, 7) is 1.82. The molecular formula is C28H24ClN5O7S. The SMILES string of the molecule is Cc1ccc(S(=O)(=O)N(Cc2ccc(Cl)cc2)Cc2ccc(C=NNC(=O)C(=O)Nc3ccc([N+](=O)[O-])cc3)o2)cc1. The fourth-order valence-corrected chi connectivity index (χ4v) is 5.18. The highest BCUT2D eigenvalue weighted by atomic mass is 35.5. The van der Waals surface area contributed by atoms with Gasteiger partial charge in [-0.3, -0.25) is 19.7 Å². The number of carbonyl (C=O) groups is 2. The van der Waals surface area contributed by atoms with Gasteiger partial charge in [-0.1, -0.05) is 41.4 Å². The number of nitro benzene ring substituents is 1. The van der Waals surface area contributed by atoms with Crippen LogP contribution in [0, 0.1) is 17.0 Å². The zero-order valence-electron chi connectivity index (χ0n) is 22.1. The lowest BCUT2D eigenvalue weighted by Gasteiger charge is -2.21. The van der Waals surface area contributed by atoms with E-state index in [2.05, 4.69) is 15.8 Å². The number of hydrogen-bond acceptors (Lipinski definition) is 8. The molecule has 1 aromatic heterocycles. The average molecular weight is 610 g/mol. The molecule has 12 nitrogen and oxygen atoms in total. The second kappa shape index (κ2) is 13.2. The number of anilines is 1. The van der Waals surface area contributed by atoms with E-state index in [1.807, 2.05) is 6.92 Å². The Balaban J connectivity index is 1.42. The second-order valence-electron chi connectivity index (χ2n) is 8.97. The highest BCUT2D eigenvalue weighted by Gasteiger charge is 2.26. The van der Waals surface area contributed by atoms with Crippen LogP contribution in [0.2, 0.25) is 5.02 Å². The van der Waals surface area contributed by atoms with E-state index >= 15 is 0 Å². The largest absolute Gasteiger partial charge is 0.459 e. The Labute approximate surface area is 245 Å². The zero-order valence-corrected chi connectivity index (χ0v) is 23.6. The molecule has 0 saturated heterocycles. The van der Waals surface area contributed by atoms with Gasteiger partial charge in [0.25, 0.3) is 5.69 Å². The van der Waals surface area contributed by atoms with Gasteiger partial charge >= 0.3 is 11.8 Å². The number of rotatable bonds is 10. The van der Waals surface area contributed by atoms with Gasteiger partial charge in [0.15, 0.2) is 0 Å². The molecule has 0 spiro atoms. The topological polar surface area (TPSA) is 164 Å². The predicted molar refractivity (Wildman–Crippen MR) is 155 cm³/mol. The van der Waals surface area contributed by atoms with Gasteiger partial charge in [0, 0.05) is 29.4 Å². The monoisotopic (exact) mass is 609 g/mol. The first-order valence-electron chi connectivity index (χ1n) is 12.3. The van der Waals surface area contributed by atoms with Crippen molar-refractivity contribution in [3.05, 3.63) is 123 Å². The minimum atomic E-state index is -3.91. The van der Waals surface area contributed by atoms with Crippen LogP contribution in [0.5, 0.6) is 0 Å². The fraction of sp³-hybridized carbons (Fsp3) is 0.107. The second-order valence-corrected chi connectivity index (χ2v) is 11.3. The van der Waals surface area contributed by atoms with Crippen LogP contribution in [0.3, 0.4) is 0 Å². The standard InChI is InChI=1S/C28H24ClN5O7S/c1-19-2-14-26(15-3-19)42(39,40)33(17-20-4-6-21(29)7-5-20)18-25-13-12-24(41-25)16-30-32-28(36)27(35)31-22-8-10-23(11-9-22)34(37)38/h2-16H,17-18H2,1H3,(H,31,35)(H,32,36). The van der Waals surface area contributed by atoms with Crippen molar-refractivity contribution in [1.29, 1.82) is 0 Å². The number of halogens is 1. The molecule has 2 N–H and O–H groups in total. The quantitative estimate of drug-likeness (QED) is 0.114. The molecule has 0 radical (unpaired) electrons. The molecule has 2 amide bonds. The van der Waals surface area contributed by atoms with E-state index in [-0.39, 0.29) is 35.1 Å². The highest BCUT2D eigenvalue weighted by molar-refractivity contribution is 7.89. The Hall–Kier alpha value is -4.85. The molecule has 4 aromatic rings. The number of benzene rings is 3. The van der Waals surface area contributed by atoms with Crippen molar-refractivity contribution in [2.24, 2.45) is 5.10 Å². The maximum atomic E-state index is 13.5. The van der Waals surface area contributed by atoms with Crippen LogP contribution < -0.4 is 10.7 Å². The van der Waals surface area contributed by atoms with Crippen molar-refractivity contribution in [1.82, 2.24) is 9.73 Å². The van der Waals surface area contributed by atoms with Gasteiger partial charge in [-0.15, -0.1) is 0 Å². The molecule has 3 aromatic carbocycles. The Kier molecular flexibility index (Phi) is 9.47. The van der Waals surface area contributed by atoms with Gasteiger partial charge < -0.3 is 9.73 Å². The van der Waals surface area contributed by atoms with Gasteiger partial charge in [0.2, 0.25) is 10.0 Å². The first kappa shape index (κ1) is 30.1. The van der Waals surface area contributed by atoms with Crippen molar-refractivity contribution in [3.63, 3.8) is 0 Å². The molecule has 1 heterocycles. The van der Waals surface area contributed by atoms with Crippen LogP contribution in [0.1, 0.15) is 22.6 Å². The third-order valence-electron chi connectivity index (χ3n) is 5.85. The molecule has 0 bridgehead atoms. The number of nitrogens with zero attached hydrogens (tertiary/aromatic N) is 3. The summed E-state index contributed by atoms with van der Waals surface area (Å²) in [4.78, 5) is 34.4. The van der Waals surface area contributed by atoms with E-state index in [0.29, 0.717) is 10.8 Å². The van der Waals surface area contributed by atoms with Gasteiger partial charge in [-0.2, -0.15) is 9.41 Å². The lowest BCUT2D eigenvalue weighted by molar-refractivity contribution is -0.384. The average Bonchev–Trinajstić information content (AvgIpc) is 3.41. The first-order valence-corrected chi connectivity index (χ1v) is 14.1. The predicted octanol–water partition coefficient (Wildman–Crippen LogP) is 4.63. The summed E-state index contributed by atoms with van der Waals surface area (Å²) in [5.41, 5.74) is 3.71. The third kappa shape index (κ3) is 7.87. The lowest BCUT2D eigenvalue weighted by atomic mass is 10.2. The van der Waals surface area contributed by atoms with Crippen molar-refractivity contribution >= 4 is 51.0 Å². The molecular weight excluding hydrogens is 586 g/mol. The summed E-state index contributed by atoms with van der Waals surface area (Å²) in [5, 5.41) is 17.2. The molecule has 0 aliphatic rings. The number of aryl methyl sites for hydroxylation is 1. The zero-order chi connectivity index (χ0) is 30.3. The minimum Gasteiger partial charge on any atom is -0.459 e. The molecule has 0 aliphatic heterocycles. The Morgan fingerprint density at radius 2 is 1.62 bits per heavy atom. The van der Waals surface area contributed by atoms with Crippen LogP contribution in [-0.2, 0) is 32.7 Å². The number of hydrogen-bond donors (Lipinski definition) is 2. The van der Waals surface area contributed by atoms with E-state index in [1.54, 1.807) is 54.6 Å². The van der Waals surface area contributed by atoms with Crippen LogP contribution >= 0.6 is 11.6 Å². The number of furan rings is 1. The number of nitrogens with one attached hydrogen (secondary N) is 2. The first-order chi connectivity index (χ1) is 20.0. The summed E-state index contributed by atoms with van der Waals surface area (Å²) >= 11 is 5.98. The minimum absolute atomic E-state index is 0.0530. The maximum absolute atomic E-state index is 13.5. The molecule has 0 unspecified atom stereocenters. The van der Waals surface area contributed by atoms with E-state index in [9.17, 15) is 28.1 Å². The molecule has 42 heavy (non-hydrogen) atoms. The summed E-state index contributed by atoms with van der Waals surface area (Å²) in [6.07, 6.45) is 1.15. The molecule has 0 atom stereocenters. The number of amides is 2. The van der Waals surface area contributed by atoms with Crippen molar-refractivity contribution < 1.29 is 27.3 Å². The van der Waals surface area contributed by atoms with E-state index < -0.39 is 26.8 Å². The van der Waals surface area contributed by atoms with Crippen LogP contribution in [-0.4, -0.2) is 35.7 Å². The van der Waals surface area contributed by atoms with Crippen molar-refractivity contribution in [2.45, 2.75) is 24.9 Å².